The molecule has 1 heterocycles. The molecule has 1 fully saturated rings. The summed E-state index contributed by atoms with van der Waals surface area (Å²) in [6, 6.07) is 5.31. The van der Waals surface area contributed by atoms with Gasteiger partial charge in [0.15, 0.2) is 0 Å². The first-order chi connectivity index (χ1) is 14.0. The average molecular weight is 404 g/mol. The van der Waals surface area contributed by atoms with E-state index >= 15 is 0 Å². The fraction of sp³-hybridized carbons (Fsp3) is 0.591. The molecule has 160 valence electrons. The summed E-state index contributed by atoms with van der Waals surface area (Å²) in [5.74, 6) is 0.623. The molecule has 29 heavy (non-hydrogen) atoms. The van der Waals surface area contributed by atoms with Gasteiger partial charge in [-0.05, 0) is 37.8 Å². The number of hydrogen-bond acceptors (Lipinski definition) is 4. The topological polar surface area (TPSA) is 79.0 Å². The summed E-state index contributed by atoms with van der Waals surface area (Å²) in [4.78, 5) is 40.1. The number of anilines is 2. The number of nitrogens with zero attached hydrogens (tertiary/aromatic N) is 2. The van der Waals surface area contributed by atoms with E-state index in [0.717, 1.165) is 38.0 Å². The van der Waals surface area contributed by atoms with Crippen molar-refractivity contribution in [2.24, 2.45) is 0 Å². The summed E-state index contributed by atoms with van der Waals surface area (Å²) >= 11 is 0. The van der Waals surface area contributed by atoms with Crippen LogP contribution in [-0.4, -0.2) is 49.4 Å². The molecule has 1 aromatic carbocycles. The van der Waals surface area contributed by atoms with Crippen LogP contribution in [0.25, 0.3) is 0 Å². The van der Waals surface area contributed by atoms with Crippen molar-refractivity contribution >= 4 is 29.1 Å². The molecule has 7 heteroatoms. The van der Waals surface area contributed by atoms with Crippen LogP contribution in [0.3, 0.4) is 0 Å². The zero-order valence-corrected chi connectivity index (χ0v) is 17.8. The van der Waals surface area contributed by atoms with E-state index < -0.39 is 0 Å². The van der Waals surface area contributed by atoms with E-state index in [9.17, 15) is 14.4 Å². The molecule has 0 atom stereocenters. The summed E-state index contributed by atoms with van der Waals surface area (Å²) in [6.07, 6.45) is 4.45. The van der Waals surface area contributed by atoms with Crippen LogP contribution in [0, 0.1) is 0 Å². The predicted molar refractivity (Wildman–Crippen MR) is 114 cm³/mol. The number of carbonyl (C=O) groups excluding carboxylic acids is 3. The van der Waals surface area contributed by atoms with Gasteiger partial charge < -0.3 is 19.9 Å². The number of hydrogen-bond donors (Lipinski definition) is 1. The molecule has 0 saturated carbocycles. The van der Waals surface area contributed by atoms with E-state index in [4.69, 9.17) is 4.74 Å². The van der Waals surface area contributed by atoms with Gasteiger partial charge in [-0.25, -0.2) is 0 Å². The minimum Gasteiger partial charge on any atom is -0.494 e. The molecule has 0 aromatic heterocycles. The Kier molecular flexibility index (Phi) is 8.96. The van der Waals surface area contributed by atoms with Gasteiger partial charge >= 0.3 is 0 Å². The van der Waals surface area contributed by atoms with Gasteiger partial charge in [-0.15, -0.1) is 0 Å². The highest BCUT2D eigenvalue weighted by Gasteiger charge is 2.24. The van der Waals surface area contributed by atoms with E-state index in [2.05, 4.69) is 19.2 Å². The zero-order chi connectivity index (χ0) is 21.2. The normalized spacial score (nSPS) is 13.5. The number of benzene rings is 1. The number of amides is 3. The quantitative estimate of drug-likeness (QED) is 0.612. The van der Waals surface area contributed by atoms with Crippen LogP contribution in [0.5, 0.6) is 5.75 Å². The maximum absolute atomic E-state index is 12.3. The molecule has 0 aliphatic carbocycles. The van der Waals surface area contributed by atoms with E-state index in [-0.39, 0.29) is 24.1 Å². The second kappa shape index (κ2) is 11.4. The Bertz CT molecular complexity index is 714. The molecule has 0 radical (unpaired) electrons. The third kappa shape index (κ3) is 6.48. The van der Waals surface area contributed by atoms with Crippen LogP contribution in [0.2, 0.25) is 0 Å². The van der Waals surface area contributed by atoms with Gasteiger partial charge in [0.25, 0.3) is 0 Å². The summed E-state index contributed by atoms with van der Waals surface area (Å²) in [7, 11) is 1.55. The summed E-state index contributed by atoms with van der Waals surface area (Å²) in [6.45, 7) is 6.34. The molecule has 1 saturated heterocycles. The second-order valence-electron chi connectivity index (χ2n) is 7.32. The Morgan fingerprint density at radius 2 is 1.90 bits per heavy atom. The van der Waals surface area contributed by atoms with Gasteiger partial charge in [0, 0.05) is 50.7 Å². The number of ether oxygens (including phenoxy) is 1. The van der Waals surface area contributed by atoms with Gasteiger partial charge in [-0.1, -0.05) is 13.8 Å². The van der Waals surface area contributed by atoms with E-state index in [1.165, 1.54) is 0 Å². The Labute approximate surface area is 173 Å². The molecular weight excluding hydrogens is 370 g/mol. The van der Waals surface area contributed by atoms with Crippen LogP contribution < -0.4 is 15.0 Å². The number of rotatable bonds is 11. The highest BCUT2D eigenvalue weighted by Crippen LogP contribution is 2.33. The first kappa shape index (κ1) is 22.7. The maximum Gasteiger partial charge on any atom is 0.227 e. The Hall–Kier alpha value is -2.57. The highest BCUT2D eigenvalue weighted by molar-refractivity contribution is 5.98. The lowest BCUT2D eigenvalue weighted by Gasteiger charge is -2.21. The molecule has 1 aliphatic rings. The average Bonchev–Trinajstić information content (AvgIpc) is 3.13. The van der Waals surface area contributed by atoms with Crippen molar-refractivity contribution in [2.75, 3.05) is 37.0 Å². The van der Waals surface area contributed by atoms with E-state index in [0.29, 0.717) is 37.2 Å². The monoisotopic (exact) mass is 403 g/mol. The third-order valence-corrected chi connectivity index (χ3v) is 4.96. The Morgan fingerprint density at radius 1 is 1.17 bits per heavy atom. The van der Waals surface area contributed by atoms with E-state index in [1.807, 2.05) is 4.90 Å². The largest absolute Gasteiger partial charge is 0.494 e. The molecule has 0 unspecified atom stereocenters. The first-order valence-corrected chi connectivity index (χ1v) is 10.6. The van der Waals surface area contributed by atoms with Crippen LogP contribution >= 0.6 is 0 Å². The zero-order valence-electron chi connectivity index (χ0n) is 17.8. The Balaban J connectivity index is 1.87. The lowest BCUT2D eigenvalue weighted by Crippen LogP contribution is -2.32. The van der Waals surface area contributed by atoms with Crippen molar-refractivity contribution in [1.82, 2.24) is 4.90 Å². The van der Waals surface area contributed by atoms with E-state index in [1.54, 1.807) is 30.2 Å². The number of carbonyl (C=O) groups is 3. The van der Waals surface area contributed by atoms with Gasteiger partial charge in [0.2, 0.25) is 17.7 Å². The molecule has 1 aliphatic heterocycles. The summed E-state index contributed by atoms with van der Waals surface area (Å²) in [5.41, 5.74) is 1.35. The van der Waals surface area contributed by atoms with Crippen LogP contribution in [0.1, 0.15) is 58.8 Å². The lowest BCUT2D eigenvalue weighted by molar-refractivity contribution is -0.131. The molecule has 7 nitrogen and oxygen atoms in total. The summed E-state index contributed by atoms with van der Waals surface area (Å²) in [5, 5.41) is 2.85. The van der Waals surface area contributed by atoms with Crippen molar-refractivity contribution in [2.45, 2.75) is 58.8 Å². The molecule has 2 rings (SSSR count). The maximum atomic E-state index is 12.3. The lowest BCUT2D eigenvalue weighted by atomic mass is 10.2. The standard InChI is InChI=1S/C22H33N3O4/c1-4-13-24(14-5-2)21(27)9-6-8-20(26)23-17-11-12-18(19(16-17)29-3)25-15-7-10-22(25)28/h11-12,16H,4-10,13-15H2,1-3H3,(H,23,26). The molecule has 1 N–H and O–H groups in total. The van der Waals surface area contributed by atoms with Crippen molar-refractivity contribution in [3.8, 4) is 5.75 Å². The molecule has 0 bridgehead atoms. The fourth-order valence-electron chi connectivity index (χ4n) is 3.56. The van der Waals surface area contributed by atoms with Crippen molar-refractivity contribution in [3.05, 3.63) is 18.2 Å². The third-order valence-electron chi connectivity index (χ3n) is 4.96. The molecular formula is C22H33N3O4. The molecule has 0 spiro atoms. The van der Waals surface area contributed by atoms with Crippen LogP contribution in [0.15, 0.2) is 18.2 Å². The van der Waals surface area contributed by atoms with Crippen LogP contribution in [-0.2, 0) is 14.4 Å². The van der Waals surface area contributed by atoms with Crippen molar-refractivity contribution in [1.29, 1.82) is 0 Å². The van der Waals surface area contributed by atoms with Crippen molar-refractivity contribution in [3.63, 3.8) is 0 Å². The van der Waals surface area contributed by atoms with Gasteiger partial charge in [0.1, 0.15) is 5.75 Å². The predicted octanol–water partition coefficient (Wildman–Crippen LogP) is 3.58. The SMILES string of the molecule is CCCN(CCC)C(=O)CCCC(=O)Nc1ccc(N2CCCC2=O)c(OC)c1. The fourth-order valence-corrected chi connectivity index (χ4v) is 3.56. The first-order valence-electron chi connectivity index (χ1n) is 10.6. The number of methoxy groups -OCH3 is 1. The highest BCUT2D eigenvalue weighted by atomic mass is 16.5. The van der Waals surface area contributed by atoms with Gasteiger partial charge in [0.05, 0.1) is 12.8 Å². The molecule has 3 amide bonds. The number of nitrogens with one attached hydrogen (secondary N) is 1. The van der Waals surface area contributed by atoms with Crippen molar-refractivity contribution < 1.29 is 19.1 Å². The minimum absolute atomic E-state index is 0.0879. The summed E-state index contributed by atoms with van der Waals surface area (Å²) < 4.78 is 5.42. The van der Waals surface area contributed by atoms with Gasteiger partial charge in [-0.3, -0.25) is 14.4 Å². The smallest absolute Gasteiger partial charge is 0.227 e. The molecule has 1 aromatic rings. The van der Waals surface area contributed by atoms with Gasteiger partial charge in [-0.2, -0.15) is 0 Å². The van der Waals surface area contributed by atoms with Crippen LogP contribution in [0.4, 0.5) is 11.4 Å². The second-order valence-corrected chi connectivity index (χ2v) is 7.32. The minimum atomic E-state index is -0.137. The Morgan fingerprint density at radius 3 is 2.48 bits per heavy atom.